The smallest absolute Gasteiger partial charge is 0.212 e. The number of rotatable bonds is 5. The molecule has 0 aliphatic carbocycles. The molecule has 0 spiro atoms. The molecule has 0 aliphatic heterocycles. The van der Waals surface area contributed by atoms with Crippen molar-refractivity contribution in [3.8, 4) is 18.0 Å². The van der Waals surface area contributed by atoms with Gasteiger partial charge in [-0.2, -0.15) is 10.5 Å². The van der Waals surface area contributed by atoms with E-state index in [2.05, 4.69) is 16.0 Å². The highest BCUT2D eigenvalue weighted by Gasteiger charge is 2.18. The number of nitrogens with zero attached hydrogens (tertiary/aromatic N) is 4. The van der Waals surface area contributed by atoms with Crippen molar-refractivity contribution in [1.29, 1.82) is 10.5 Å². The number of thioether (sulfide) groups is 2. The molecule has 6 nitrogen and oxygen atoms in total. The number of hydrogen-bond donors (Lipinski definition) is 1. The van der Waals surface area contributed by atoms with Gasteiger partial charge >= 0.3 is 0 Å². The van der Waals surface area contributed by atoms with Crippen molar-refractivity contribution in [2.75, 3.05) is 19.1 Å². The first kappa shape index (κ1) is 16.9. The number of nitrogens with two attached hydrogens (primary N) is 1. The SMILES string of the molecule is COc1ccc(CSc2nc(N)c(C#N)c(SC)c2C#N)cn1. The predicted molar refractivity (Wildman–Crippen MR) is 90.2 cm³/mol. The van der Waals surface area contributed by atoms with Crippen LogP contribution in [0.4, 0.5) is 5.82 Å². The van der Waals surface area contributed by atoms with Crippen LogP contribution in [-0.4, -0.2) is 23.3 Å². The second kappa shape index (κ2) is 7.73. The lowest BCUT2D eigenvalue weighted by Gasteiger charge is -2.10. The van der Waals surface area contributed by atoms with E-state index in [0.717, 1.165) is 5.56 Å². The number of methoxy groups -OCH3 is 1. The number of hydrogen-bond acceptors (Lipinski definition) is 8. The van der Waals surface area contributed by atoms with Gasteiger partial charge in [0, 0.05) is 22.9 Å². The summed E-state index contributed by atoms with van der Waals surface area (Å²) in [7, 11) is 1.56. The van der Waals surface area contributed by atoms with Gasteiger partial charge in [0.05, 0.1) is 12.7 Å². The molecule has 116 valence electrons. The summed E-state index contributed by atoms with van der Waals surface area (Å²) >= 11 is 2.70. The van der Waals surface area contributed by atoms with Crippen LogP contribution < -0.4 is 10.5 Å². The molecule has 2 aromatic heterocycles. The number of pyridine rings is 2. The minimum absolute atomic E-state index is 0.145. The van der Waals surface area contributed by atoms with Crippen LogP contribution in [0.5, 0.6) is 5.88 Å². The van der Waals surface area contributed by atoms with Gasteiger partial charge in [0.15, 0.2) is 0 Å². The summed E-state index contributed by atoms with van der Waals surface area (Å²) in [5, 5.41) is 19.1. The number of ether oxygens (including phenoxy) is 1. The minimum atomic E-state index is 0.145. The Labute approximate surface area is 142 Å². The van der Waals surface area contributed by atoms with E-state index in [1.807, 2.05) is 12.1 Å². The maximum atomic E-state index is 9.41. The number of nitriles is 2. The van der Waals surface area contributed by atoms with Gasteiger partial charge in [-0.05, 0) is 11.8 Å². The molecule has 0 saturated carbocycles. The van der Waals surface area contributed by atoms with Crippen molar-refractivity contribution < 1.29 is 4.74 Å². The zero-order chi connectivity index (χ0) is 16.8. The molecule has 0 aromatic carbocycles. The van der Waals surface area contributed by atoms with E-state index in [9.17, 15) is 10.5 Å². The van der Waals surface area contributed by atoms with E-state index in [4.69, 9.17) is 10.5 Å². The first-order valence-corrected chi connectivity index (χ1v) is 8.65. The second-order valence-corrected chi connectivity index (χ2v) is 6.09. The van der Waals surface area contributed by atoms with Gasteiger partial charge in [-0.25, -0.2) is 9.97 Å². The van der Waals surface area contributed by atoms with E-state index < -0.39 is 0 Å². The van der Waals surface area contributed by atoms with Crippen molar-refractivity contribution in [2.24, 2.45) is 0 Å². The van der Waals surface area contributed by atoms with Crippen LogP contribution in [-0.2, 0) is 5.75 Å². The second-order valence-electron chi connectivity index (χ2n) is 4.31. The fourth-order valence-electron chi connectivity index (χ4n) is 1.84. The van der Waals surface area contributed by atoms with Gasteiger partial charge in [-0.3, -0.25) is 0 Å². The van der Waals surface area contributed by atoms with Crippen LogP contribution in [0.15, 0.2) is 28.3 Å². The number of nitrogen functional groups attached to an aromatic ring is 1. The van der Waals surface area contributed by atoms with Crippen molar-refractivity contribution in [1.82, 2.24) is 9.97 Å². The molecule has 0 fully saturated rings. The Kier molecular flexibility index (Phi) is 5.69. The van der Waals surface area contributed by atoms with Crippen LogP contribution in [0, 0.1) is 22.7 Å². The van der Waals surface area contributed by atoms with Crippen LogP contribution in [0.2, 0.25) is 0 Å². The first-order valence-electron chi connectivity index (χ1n) is 6.44. The van der Waals surface area contributed by atoms with Crippen molar-refractivity contribution in [3.05, 3.63) is 35.0 Å². The van der Waals surface area contributed by atoms with E-state index in [0.29, 0.717) is 27.1 Å². The van der Waals surface area contributed by atoms with Gasteiger partial charge in [0.25, 0.3) is 0 Å². The first-order chi connectivity index (χ1) is 11.1. The Morgan fingerprint density at radius 1 is 1.26 bits per heavy atom. The van der Waals surface area contributed by atoms with E-state index in [-0.39, 0.29) is 11.4 Å². The lowest BCUT2D eigenvalue weighted by molar-refractivity contribution is 0.397. The Morgan fingerprint density at radius 2 is 2.00 bits per heavy atom. The maximum Gasteiger partial charge on any atom is 0.212 e. The number of aromatic nitrogens is 2. The molecule has 8 heteroatoms. The van der Waals surface area contributed by atoms with Crippen molar-refractivity contribution >= 4 is 29.3 Å². The lowest BCUT2D eigenvalue weighted by atomic mass is 10.2. The third kappa shape index (κ3) is 3.67. The maximum absolute atomic E-state index is 9.41. The Bertz CT molecular complexity index is 793. The molecule has 2 rings (SSSR count). The van der Waals surface area contributed by atoms with Crippen LogP contribution in [0.25, 0.3) is 0 Å². The standard InChI is InChI=1S/C15H13N5OS2/c1-21-12-4-3-9(7-19-12)8-23-15-11(6-17)13(22-2)10(5-16)14(18)20-15/h3-4,7H,8H2,1-2H3,(H2,18,20). The molecular weight excluding hydrogens is 330 g/mol. The van der Waals surface area contributed by atoms with Gasteiger partial charge in [-0.15, -0.1) is 23.5 Å². The zero-order valence-corrected chi connectivity index (χ0v) is 14.2. The molecule has 2 heterocycles. The summed E-state index contributed by atoms with van der Waals surface area (Å²) in [6.45, 7) is 0. The molecule has 0 unspecified atom stereocenters. The van der Waals surface area contributed by atoms with E-state index in [1.165, 1.54) is 23.5 Å². The average molecular weight is 343 g/mol. The molecule has 23 heavy (non-hydrogen) atoms. The number of anilines is 1. The van der Waals surface area contributed by atoms with E-state index in [1.54, 1.807) is 25.6 Å². The molecule has 0 atom stereocenters. The van der Waals surface area contributed by atoms with Crippen molar-refractivity contribution in [3.63, 3.8) is 0 Å². The Hall–Kier alpha value is -2.42. The molecular formula is C15H13N5OS2. The monoisotopic (exact) mass is 343 g/mol. The van der Waals surface area contributed by atoms with Crippen LogP contribution in [0.3, 0.4) is 0 Å². The predicted octanol–water partition coefficient (Wildman–Crippen LogP) is 2.82. The van der Waals surface area contributed by atoms with Gasteiger partial charge < -0.3 is 10.5 Å². The van der Waals surface area contributed by atoms with E-state index >= 15 is 0 Å². The third-order valence-electron chi connectivity index (χ3n) is 2.96. The summed E-state index contributed by atoms with van der Waals surface area (Å²) in [5.41, 5.74) is 7.45. The summed E-state index contributed by atoms with van der Waals surface area (Å²) in [5.74, 6) is 1.27. The highest BCUT2D eigenvalue weighted by atomic mass is 32.2. The molecule has 0 radical (unpaired) electrons. The Morgan fingerprint density at radius 3 is 2.52 bits per heavy atom. The van der Waals surface area contributed by atoms with Crippen LogP contribution in [0.1, 0.15) is 16.7 Å². The quantitative estimate of drug-likeness (QED) is 0.825. The molecule has 0 aliphatic rings. The highest BCUT2D eigenvalue weighted by Crippen LogP contribution is 2.34. The summed E-state index contributed by atoms with van der Waals surface area (Å²) in [6, 6.07) is 7.80. The topological polar surface area (TPSA) is 109 Å². The third-order valence-corrected chi connectivity index (χ3v) is 4.82. The Balaban J connectivity index is 2.31. The summed E-state index contributed by atoms with van der Waals surface area (Å²) in [4.78, 5) is 8.91. The fraction of sp³-hybridized carbons (Fsp3) is 0.200. The minimum Gasteiger partial charge on any atom is -0.481 e. The lowest BCUT2D eigenvalue weighted by Crippen LogP contribution is -2.02. The average Bonchev–Trinajstić information content (AvgIpc) is 2.59. The molecule has 0 amide bonds. The van der Waals surface area contributed by atoms with Crippen LogP contribution >= 0.6 is 23.5 Å². The molecule has 0 saturated heterocycles. The highest BCUT2D eigenvalue weighted by molar-refractivity contribution is 7.99. The molecule has 0 bridgehead atoms. The molecule has 2 aromatic rings. The van der Waals surface area contributed by atoms with Crippen molar-refractivity contribution in [2.45, 2.75) is 15.7 Å². The van der Waals surface area contributed by atoms with Gasteiger partial charge in [0.1, 0.15) is 28.5 Å². The fourth-order valence-corrected chi connectivity index (χ4v) is 3.54. The van der Waals surface area contributed by atoms with Gasteiger partial charge in [-0.1, -0.05) is 6.07 Å². The normalized spacial score (nSPS) is 9.91. The zero-order valence-electron chi connectivity index (χ0n) is 12.5. The summed E-state index contributed by atoms with van der Waals surface area (Å²) in [6.07, 6.45) is 3.51. The largest absolute Gasteiger partial charge is 0.481 e. The molecule has 2 N–H and O–H groups in total. The summed E-state index contributed by atoms with van der Waals surface area (Å²) < 4.78 is 5.02. The van der Waals surface area contributed by atoms with Gasteiger partial charge in [0.2, 0.25) is 5.88 Å².